The molecule has 36 heavy (non-hydrogen) atoms. The summed E-state index contributed by atoms with van der Waals surface area (Å²) in [5, 5.41) is 3.33. The zero-order valence-corrected chi connectivity index (χ0v) is 21.5. The number of carbonyl (C=O) groups excluding carboxylic acids is 3. The van der Waals surface area contributed by atoms with Crippen LogP contribution in [0.1, 0.15) is 43.5 Å². The number of nitrogens with one attached hydrogen (secondary N) is 1. The van der Waals surface area contributed by atoms with Crippen LogP contribution in [0.4, 0.5) is 4.39 Å². The van der Waals surface area contributed by atoms with Crippen molar-refractivity contribution in [2.45, 2.75) is 45.3 Å². The fourth-order valence-electron chi connectivity index (χ4n) is 4.89. The second-order valence-electron chi connectivity index (χ2n) is 9.11. The first-order chi connectivity index (χ1) is 17.2. The maximum Gasteiger partial charge on any atom is 0.264 e. The van der Waals surface area contributed by atoms with E-state index in [0.717, 1.165) is 18.9 Å². The van der Waals surface area contributed by atoms with Gasteiger partial charge in [0.2, 0.25) is 0 Å². The summed E-state index contributed by atoms with van der Waals surface area (Å²) in [4.78, 5) is 39.1. The van der Waals surface area contributed by atoms with Crippen molar-refractivity contribution in [2.75, 3.05) is 19.7 Å². The molecule has 2 amide bonds. The van der Waals surface area contributed by atoms with E-state index in [-0.39, 0.29) is 52.9 Å². The van der Waals surface area contributed by atoms with Crippen molar-refractivity contribution in [3.8, 4) is 11.5 Å². The van der Waals surface area contributed by atoms with Gasteiger partial charge in [-0.1, -0.05) is 37.0 Å². The molecular formula is C26H27Cl2FN2O5. The third kappa shape index (κ3) is 5.44. The van der Waals surface area contributed by atoms with Gasteiger partial charge < -0.3 is 19.7 Å². The smallest absolute Gasteiger partial charge is 0.264 e. The summed E-state index contributed by atoms with van der Waals surface area (Å²) in [6, 6.07) is 8.78. The molecule has 1 saturated heterocycles. The molecule has 2 fully saturated rings. The van der Waals surface area contributed by atoms with Crippen molar-refractivity contribution in [1.82, 2.24) is 10.2 Å². The second-order valence-corrected chi connectivity index (χ2v) is 9.95. The number of hydrogen-bond acceptors (Lipinski definition) is 5. The highest BCUT2D eigenvalue weighted by atomic mass is 35.5. The monoisotopic (exact) mass is 536 g/mol. The third-order valence-electron chi connectivity index (χ3n) is 6.51. The normalized spacial score (nSPS) is 19.6. The van der Waals surface area contributed by atoms with E-state index >= 15 is 0 Å². The lowest BCUT2D eigenvalue weighted by Gasteiger charge is -2.59. The van der Waals surface area contributed by atoms with Gasteiger partial charge in [-0.15, -0.1) is 0 Å². The highest BCUT2D eigenvalue weighted by Crippen LogP contribution is 2.48. The number of carbonyl (C=O) groups is 3. The predicted molar refractivity (Wildman–Crippen MR) is 133 cm³/mol. The Kier molecular flexibility index (Phi) is 7.76. The molecule has 2 aromatic rings. The van der Waals surface area contributed by atoms with Crippen molar-refractivity contribution < 1.29 is 28.2 Å². The third-order valence-corrected chi connectivity index (χ3v) is 7.05. The molecule has 1 spiro atoms. The lowest BCUT2D eigenvalue weighted by molar-refractivity contribution is -0.160. The maximum atomic E-state index is 13.4. The molecule has 7 nitrogen and oxygen atoms in total. The SMILES string of the molecule is CC.O=C(COc1ccc(Cl)c(F)c1)NC1CC2(C1)CN(C(=O)C1CC(=O)c3cc(Cl)ccc3O1)C2. The predicted octanol–water partition coefficient (Wildman–Crippen LogP) is 4.68. The number of rotatable bonds is 5. The average Bonchev–Trinajstić information content (AvgIpc) is 2.81. The number of nitrogens with zero attached hydrogens (tertiary/aromatic N) is 1. The van der Waals surface area contributed by atoms with Crippen molar-refractivity contribution in [3.63, 3.8) is 0 Å². The highest BCUT2D eigenvalue weighted by molar-refractivity contribution is 6.31. The van der Waals surface area contributed by atoms with Crippen LogP contribution in [-0.4, -0.2) is 54.3 Å². The Hall–Kier alpha value is -2.84. The van der Waals surface area contributed by atoms with Gasteiger partial charge in [0, 0.05) is 35.6 Å². The molecule has 3 aliphatic rings. The lowest BCUT2D eigenvalue weighted by atomic mass is 9.60. The zero-order chi connectivity index (χ0) is 26.0. The largest absolute Gasteiger partial charge is 0.484 e. The van der Waals surface area contributed by atoms with Gasteiger partial charge in [0.15, 0.2) is 18.5 Å². The van der Waals surface area contributed by atoms with Crippen molar-refractivity contribution in [2.24, 2.45) is 5.41 Å². The molecule has 1 N–H and O–H groups in total. The Bertz CT molecular complexity index is 1180. The van der Waals surface area contributed by atoms with Crippen molar-refractivity contribution in [3.05, 3.63) is 57.8 Å². The van der Waals surface area contributed by atoms with Gasteiger partial charge >= 0.3 is 0 Å². The van der Waals surface area contributed by atoms with E-state index in [1.807, 2.05) is 13.8 Å². The second kappa shape index (κ2) is 10.6. The van der Waals surface area contributed by atoms with E-state index in [2.05, 4.69) is 5.32 Å². The number of hydrogen-bond donors (Lipinski definition) is 1. The van der Waals surface area contributed by atoms with Crippen LogP contribution in [0.2, 0.25) is 10.0 Å². The molecule has 1 aliphatic carbocycles. The van der Waals surface area contributed by atoms with Crippen LogP contribution in [0.5, 0.6) is 11.5 Å². The van der Waals surface area contributed by atoms with E-state index in [9.17, 15) is 18.8 Å². The van der Waals surface area contributed by atoms with Gasteiger partial charge in [0.05, 0.1) is 17.0 Å². The molecule has 192 valence electrons. The summed E-state index contributed by atoms with van der Waals surface area (Å²) in [7, 11) is 0. The zero-order valence-electron chi connectivity index (χ0n) is 20.0. The molecule has 5 rings (SSSR count). The van der Waals surface area contributed by atoms with Gasteiger partial charge in [-0.2, -0.15) is 0 Å². The van der Waals surface area contributed by atoms with E-state index in [1.54, 1.807) is 23.1 Å². The lowest BCUT2D eigenvalue weighted by Crippen LogP contribution is -2.69. The fraction of sp³-hybridized carbons (Fsp3) is 0.423. The van der Waals surface area contributed by atoms with E-state index < -0.39 is 11.9 Å². The Morgan fingerprint density at radius 1 is 1.17 bits per heavy atom. The first-order valence-electron chi connectivity index (χ1n) is 11.9. The quantitative estimate of drug-likeness (QED) is 0.599. The molecular weight excluding hydrogens is 510 g/mol. The Morgan fingerprint density at radius 2 is 1.89 bits per heavy atom. The highest BCUT2D eigenvalue weighted by Gasteiger charge is 2.55. The Labute approximate surface area is 218 Å². The van der Waals surface area contributed by atoms with Gasteiger partial charge in [-0.05, 0) is 43.2 Å². The number of ketones is 1. The van der Waals surface area contributed by atoms with Crippen molar-refractivity contribution in [1.29, 1.82) is 0 Å². The van der Waals surface area contributed by atoms with E-state index in [4.69, 9.17) is 32.7 Å². The topological polar surface area (TPSA) is 84.9 Å². The first-order valence-corrected chi connectivity index (χ1v) is 12.6. The maximum absolute atomic E-state index is 13.4. The molecule has 0 bridgehead atoms. The van der Waals surface area contributed by atoms with Crippen LogP contribution < -0.4 is 14.8 Å². The van der Waals surface area contributed by atoms with Gasteiger partial charge in [0.1, 0.15) is 17.3 Å². The van der Waals surface area contributed by atoms with Crippen LogP contribution >= 0.6 is 23.2 Å². The van der Waals surface area contributed by atoms with Gasteiger partial charge in [0.25, 0.3) is 11.8 Å². The number of Topliss-reactive ketones (excluding diaryl/α,β-unsaturated/α-hetero) is 1. The van der Waals surface area contributed by atoms with Crippen LogP contribution in [0.15, 0.2) is 36.4 Å². The number of fused-ring (bicyclic) bond motifs is 1. The van der Waals surface area contributed by atoms with Crippen LogP contribution in [0, 0.1) is 11.2 Å². The minimum atomic E-state index is -0.830. The molecule has 1 saturated carbocycles. The summed E-state index contributed by atoms with van der Waals surface area (Å²) >= 11 is 11.6. The number of halogens is 3. The molecule has 10 heteroatoms. The molecule has 0 radical (unpaired) electrons. The number of likely N-dealkylation sites (tertiary alicyclic amines) is 1. The molecule has 0 aromatic heterocycles. The fourth-order valence-corrected chi connectivity index (χ4v) is 5.18. The number of ether oxygens (including phenoxy) is 2. The molecule has 2 aliphatic heterocycles. The van der Waals surface area contributed by atoms with Gasteiger partial charge in [-0.25, -0.2) is 4.39 Å². The molecule has 1 atom stereocenters. The molecule has 2 aromatic carbocycles. The standard InChI is InChI=1S/C24H21Cl2FN2O5.C2H6/c25-13-1-4-20-16(5-13)19(30)7-21(34-20)23(32)29-11-24(12-29)8-14(9-24)28-22(31)10-33-15-2-3-17(26)18(27)6-15;1-2/h1-6,14,21H,7-12H2,(H,28,31);1-2H3. The summed E-state index contributed by atoms with van der Waals surface area (Å²) in [5.41, 5.74) is 0.386. The summed E-state index contributed by atoms with van der Waals surface area (Å²) in [6.45, 7) is 4.91. The van der Waals surface area contributed by atoms with E-state index in [1.165, 1.54) is 12.1 Å². The van der Waals surface area contributed by atoms with Crippen LogP contribution in [-0.2, 0) is 9.59 Å². The van der Waals surface area contributed by atoms with Crippen molar-refractivity contribution >= 4 is 40.8 Å². The molecule has 1 unspecified atom stereocenters. The Balaban J connectivity index is 0.00000148. The van der Waals surface area contributed by atoms with Gasteiger partial charge in [-0.3, -0.25) is 14.4 Å². The van der Waals surface area contributed by atoms with Crippen LogP contribution in [0.25, 0.3) is 0 Å². The van der Waals surface area contributed by atoms with E-state index in [0.29, 0.717) is 29.4 Å². The van der Waals surface area contributed by atoms with Crippen LogP contribution in [0.3, 0.4) is 0 Å². The summed E-state index contributed by atoms with van der Waals surface area (Å²) < 4.78 is 24.5. The minimum absolute atomic E-state index is 0.000519. The minimum Gasteiger partial charge on any atom is -0.484 e. The Morgan fingerprint density at radius 3 is 2.58 bits per heavy atom. The molecule has 2 heterocycles. The number of benzene rings is 2. The first kappa shape index (κ1) is 26.2. The summed E-state index contributed by atoms with van der Waals surface area (Å²) in [5.74, 6) is -0.659. The average molecular weight is 537 g/mol. The number of amides is 2. The summed E-state index contributed by atoms with van der Waals surface area (Å²) in [6.07, 6.45) is 0.670.